The molecule has 0 fully saturated rings. The lowest BCUT2D eigenvalue weighted by Gasteiger charge is -2.16. The van der Waals surface area contributed by atoms with Crippen molar-refractivity contribution >= 4 is 5.78 Å². The Labute approximate surface area is 107 Å². The Hall–Kier alpha value is -1.75. The van der Waals surface area contributed by atoms with Crippen LogP contribution in [-0.2, 0) is 0 Å². The van der Waals surface area contributed by atoms with Crippen molar-refractivity contribution in [2.75, 3.05) is 28.4 Å². The molecular formula is C13H19NO4. The van der Waals surface area contributed by atoms with Crippen LogP contribution in [0.3, 0.4) is 0 Å². The van der Waals surface area contributed by atoms with Gasteiger partial charge >= 0.3 is 0 Å². The summed E-state index contributed by atoms with van der Waals surface area (Å²) in [4.78, 5) is 12.3. The first-order valence-electron chi connectivity index (χ1n) is 5.60. The number of ketones is 1. The SMILES string of the molecule is CNC(C)C(=O)c1c(OC)cc(OC)cc1OC. The highest BCUT2D eigenvalue weighted by Crippen LogP contribution is 2.34. The molecule has 0 amide bonds. The third-order valence-electron chi connectivity index (χ3n) is 2.79. The number of nitrogens with one attached hydrogen (secondary N) is 1. The maximum Gasteiger partial charge on any atom is 0.186 e. The van der Waals surface area contributed by atoms with Gasteiger partial charge < -0.3 is 19.5 Å². The summed E-state index contributed by atoms with van der Waals surface area (Å²) in [6.45, 7) is 1.78. The van der Waals surface area contributed by atoms with Crippen LogP contribution in [0.1, 0.15) is 17.3 Å². The van der Waals surface area contributed by atoms with Crippen molar-refractivity contribution in [2.45, 2.75) is 13.0 Å². The Bertz CT molecular complexity index is 406. The molecule has 1 aromatic rings. The van der Waals surface area contributed by atoms with Crippen molar-refractivity contribution in [1.82, 2.24) is 5.32 Å². The number of Topliss-reactive ketones (excluding diaryl/α,β-unsaturated/α-hetero) is 1. The summed E-state index contributed by atoms with van der Waals surface area (Å²) in [5.74, 6) is 1.38. The minimum Gasteiger partial charge on any atom is -0.496 e. The molecule has 0 aliphatic carbocycles. The largest absolute Gasteiger partial charge is 0.496 e. The Morgan fingerprint density at radius 2 is 1.61 bits per heavy atom. The molecule has 0 aliphatic rings. The van der Waals surface area contributed by atoms with Crippen molar-refractivity contribution < 1.29 is 19.0 Å². The predicted molar refractivity (Wildman–Crippen MR) is 69.0 cm³/mol. The van der Waals surface area contributed by atoms with Crippen molar-refractivity contribution in [3.8, 4) is 17.2 Å². The van der Waals surface area contributed by atoms with Gasteiger partial charge in [0.1, 0.15) is 22.8 Å². The van der Waals surface area contributed by atoms with E-state index in [1.807, 2.05) is 0 Å². The molecule has 1 rings (SSSR count). The Kier molecular flexibility index (Phi) is 4.97. The Balaban J connectivity index is 3.35. The monoisotopic (exact) mass is 253 g/mol. The molecule has 1 aromatic carbocycles. The smallest absolute Gasteiger partial charge is 0.186 e. The molecule has 100 valence electrons. The summed E-state index contributed by atoms with van der Waals surface area (Å²) in [5, 5.41) is 2.90. The molecule has 0 aliphatic heterocycles. The normalized spacial score (nSPS) is 11.8. The van der Waals surface area contributed by atoms with Crippen LogP contribution in [-0.4, -0.2) is 40.2 Å². The lowest BCUT2D eigenvalue weighted by Crippen LogP contribution is -2.31. The third-order valence-corrected chi connectivity index (χ3v) is 2.79. The molecule has 5 nitrogen and oxygen atoms in total. The zero-order chi connectivity index (χ0) is 13.7. The van der Waals surface area contributed by atoms with E-state index >= 15 is 0 Å². The van der Waals surface area contributed by atoms with Gasteiger partial charge in [-0.1, -0.05) is 0 Å². The number of likely N-dealkylation sites (N-methyl/N-ethyl adjacent to an activating group) is 1. The molecule has 0 aromatic heterocycles. The van der Waals surface area contributed by atoms with Crippen LogP contribution in [0, 0.1) is 0 Å². The van der Waals surface area contributed by atoms with Crippen molar-refractivity contribution in [2.24, 2.45) is 0 Å². The van der Waals surface area contributed by atoms with E-state index in [-0.39, 0.29) is 11.8 Å². The molecular weight excluding hydrogens is 234 g/mol. The van der Waals surface area contributed by atoms with Crippen LogP contribution in [0.2, 0.25) is 0 Å². The van der Waals surface area contributed by atoms with Gasteiger partial charge in [0, 0.05) is 12.1 Å². The predicted octanol–water partition coefficient (Wildman–Crippen LogP) is 1.50. The molecule has 0 saturated carbocycles. The van der Waals surface area contributed by atoms with E-state index in [1.54, 1.807) is 33.2 Å². The van der Waals surface area contributed by atoms with Crippen molar-refractivity contribution in [3.05, 3.63) is 17.7 Å². The van der Waals surface area contributed by atoms with E-state index in [1.165, 1.54) is 14.2 Å². The summed E-state index contributed by atoms with van der Waals surface area (Å²) < 4.78 is 15.6. The van der Waals surface area contributed by atoms with Crippen LogP contribution in [0.25, 0.3) is 0 Å². The molecule has 0 bridgehead atoms. The Morgan fingerprint density at radius 1 is 1.11 bits per heavy atom. The summed E-state index contributed by atoms with van der Waals surface area (Å²) >= 11 is 0. The number of rotatable bonds is 6. The second-order valence-electron chi connectivity index (χ2n) is 3.78. The van der Waals surface area contributed by atoms with E-state index in [4.69, 9.17) is 14.2 Å². The molecule has 0 saturated heterocycles. The fourth-order valence-corrected chi connectivity index (χ4v) is 1.60. The average molecular weight is 253 g/mol. The van der Waals surface area contributed by atoms with E-state index in [2.05, 4.69) is 5.32 Å². The number of methoxy groups -OCH3 is 3. The van der Waals surface area contributed by atoms with Crippen LogP contribution >= 0.6 is 0 Å². The van der Waals surface area contributed by atoms with E-state index in [0.717, 1.165) is 0 Å². The van der Waals surface area contributed by atoms with E-state index in [9.17, 15) is 4.79 Å². The number of carbonyl (C=O) groups excluding carboxylic acids is 1. The second kappa shape index (κ2) is 6.26. The molecule has 0 heterocycles. The fourth-order valence-electron chi connectivity index (χ4n) is 1.60. The number of hydrogen-bond acceptors (Lipinski definition) is 5. The van der Waals surface area contributed by atoms with Crippen molar-refractivity contribution in [1.29, 1.82) is 0 Å². The zero-order valence-electron chi connectivity index (χ0n) is 11.4. The first kappa shape index (κ1) is 14.3. The van der Waals surface area contributed by atoms with E-state index in [0.29, 0.717) is 22.8 Å². The van der Waals surface area contributed by atoms with Gasteiger partial charge in [0.05, 0.1) is 27.4 Å². The van der Waals surface area contributed by atoms with Gasteiger partial charge in [-0.3, -0.25) is 4.79 Å². The molecule has 0 radical (unpaired) electrons. The Morgan fingerprint density at radius 3 is 1.94 bits per heavy atom. The minimum atomic E-state index is -0.318. The van der Waals surface area contributed by atoms with Crippen LogP contribution in [0.5, 0.6) is 17.2 Å². The van der Waals surface area contributed by atoms with Gasteiger partial charge in [-0.2, -0.15) is 0 Å². The summed E-state index contributed by atoms with van der Waals surface area (Å²) in [7, 11) is 6.29. The lowest BCUT2D eigenvalue weighted by molar-refractivity contribution is 0.0948. The van der Waals surface area contributed by atoms with E-state index < -0.39 is 0 Å². The quantitative estimate of drug-likeness (QED) is 0.779. The molecule has 18 heavy (non-hydrogen) atoms. The minimum absolute atomic E-state index is 0.0890. The zero-order valence-corrected chi connectivity index (χ0v) is 11.4. The topological polar surface area (TPSA) is 56.8 Å². The first-order chi connectivity index (χ1) is 8.58. The summed E-state index contributed by atoms with van der Waals surface area (Å²) in [6.07, 6.45) is 0. The standard InChI is InChI=1S/C13H19NO4/c1-8(14-2)13(15)12-10(17-4)6-9(16-3)7-11(12)18-5/h6-8,14H,1-5H3. The van der Waals surface area contributed by atoms with Gasteiger partial charge in [-0.15, -0.1) is 0 Å². The summed E-state index contributed by atoms with van der Waals surface area (Å²) in [6, 6.07) is 3.01. The number of benzene rings is 1. The highest BCUT2D eigenvalue weighted by atomic mass is 16.5. The third kappa shape index (κ3) is 2.73. The molecule has 5 heteroatoms. The molecule has 0 spiro atoms. The van der Waals surface area contributed by atoms with Crippen LogP contribution < -0.4 is 19.5 Å². The van der Waals surface area contributed by atoms with Gasteiger partial charge in [0.15, 0.2) is 5.78 Å². The highest BCUT2D eigenvalue weighted by Gasteiger charge is 2.23. The lowest BCUT2D eigenvalue weighted by atomic mass is 10.0. The van der Waals surface area contributed by atoms with Crippen LogP contribution in [0.4, 0.5) is 0 Å². The summed E-state index contributed by atoms with van der Waals surface area (Å²) in [5.41, 5.74) is 0.419. The maximum absolute atomic E-state index is 12.3. The highest BCUT2D eigenvalue weighted by molar-refractivity contribution is 6.04. The van der Waals surface area contributed by atoms with Crippen LogP contribution in [0.15, 0.2) is 12.1 Å². The van der Waals surface area contributed by atoms with Gasteiger partial charge in [-0.05, 0) is 14.0 Å². The average Bonchev–Trinajstić information content (AvgIpc) is 2.43. The number of ether oxygens (including phenoxy) is 3. The maximum atomic E-state index is 12.3. The van der Waals surface area contributed by atoms with Gasteiger partial charge in [-0.25, -0.2) is 0 Å². The van der Waals surface area contributed by atoms with Gasteiger partial charge in [0.25, 0.3) is 0 Å². The molecule has 1 N–H and O–H groups in total. The van der Waals surface area contributed by atoms with Crippen molar-refractivity contribution in [3.63, 3.8) is 0 Å². The molecule has 1 atom stereocenters. The fraction of sp³-hybridized carbons (Fsp3) is 0.462. The second-order valence-corrected chi connectivity index (χ2v) is 3.78. The first-order valence-corrected chi connectivity index (χ1v) is 5.60. The number of carbonyl (C=O) groups is 1. The number of hydrogen-bond donors (Lipinski definition) is 1. The van der Waals surface area contributed by atoms with Gasteiger partial charge in [0.2, 0.25) is 0 Å². The molecule has 1 unspecified atom stereocenters.